The third-order valence-corrected chi connectivity index (χ3v) is 4.04. The summed E-state index contributed by atoms with van der Waals surface area (Å²) >= 11 is 0. The van der Waals surface area contributed by atoms with Gasteiger partial charge in [0.1, 0.15) is 11.5 Å². The van der Waals surface area contributed by atoms with E-state index in [0.29, 0.717) is 25.1 Å². The van der Waals surface area contributed by atoms with E-state index in [4.69, 9.17) is 9.52 Å². The standard InChI is InChI=1S/C18H22N2O3/c1-18(2,3)17-19-14-10-20(9-8-15(14)23-17)16(22)13-6-4-12(11-21)5-7-13/h4-7,21H,8-11H2,1-3H3. The third kappa shape index (κ3) is 3.15. The van der Waals surface area contributed by atoms with E-state index >= 15 is 0 Å². The van der Waals surface area contributed by atoms with Crippen LogP contribution >= 0.6 is 0 Å². The fraction of sp³-hybridized carbons (Fsp3) is 0.444. The van der Waals surface area contributed by atoms with Crippen LogP contribution in [0.15, 0.2) is 28.7 Å². The maximum Gasteiger partial charge on any atom is 0.254 e. The maximum absolute atomic E-state index is 12.6. The van der Waals surface area contributed by atoms with Gasteiger partial charge in [-0.3, -0.25) is 4.79 Å². The molecule has 0 bridgehead atoms. The van der Waals surface area contributed by atoms with Crippen molar-refractivity contribution in [1.29, 1.82) is 0 Å². The molecule has 1 amide bonds. The van der Waals surface area contributed by atoms with Crippen LogP contribution in [-0.4, -0.2) is 27.4 Å². The molecule has 0 aliphatic carbocycles. The molecular weight excluding hydrogens is 292 g/mol. The Labute approximate surface area is 135 Å². The molecule has 2 heterocycles. The number of aromatic nitrogens is 1. The minimum atomic E-state index is -0.133. The zero-order valence-corrected chi connectivity index (χ0v) is 13.8. The molecule has 3 rings (SSSR count). The molecule has 0 saturated heterocycles. The molecule has 1 aromatic carbocycles. The van der Waals surface area contributed by atoms with Gasteiger partial charge in [-0.1, -0.05) is 32.9 Å². The van der Waals surface area contributed by atoms with Gasteiger partial charge in [-0.2, -0.15) is 0 Å². The number of aliphatic hydroxyl groups is 1. The van der Waals surface area contributed by atoms with Gasteiger partial charge in [0.25, 0.3) is 5.91 Å². The van der Waals surface area contributed by atoms with E-state index in [2.05, 4.69) is 25.8 Å². The van der Waals surface area contributed by atoms with E-state index in [1.54, 1.807) is 29.2 Å². The van der Waals surface area contributed by atoms with Crippen LogP contribution in [0.1, 0.15) is 54.0 Å². The van der Waals surface area contributed by atoms with Crippen LogP contribution in [0.5, 0.6) is 0 Å². The highest BCUT2D eigenvalue weighted by Gasteiger charge is 2.29. The van der Waals surface area contributed by atoms with Crippen molar-refractivity contribution >= 4 is 5.91 Å². The molecule has 0 unspecified atom stereocenters. The molecule has 0 saturated carbocycles. The maximum atomic E-state index is 12.6. The Morgan fingerprint density at radius 1 is 1.30 bits per heavy atom. The molecule has 0 atom stereocenters. The molecule has 1 aliphatic heterocycles. The van der Waals surface area contributed by atoms with Crippen LogP contribution in [0.25, 0.3) is 0 Å². The molecule has 1 aliphatic rings. The smallest absolute Gasteiger partial charge is 0.254 e. The summed E-state index contributed by atoms with van der Waals surface area (Å²) in [6.07, 6.45) is 0.693. The number of carbonyl (C=O) groups is 1. The van der Waals surface area contributed by atoms with Gasteiger partial charge in [0, 0.05) is 23.9 Å². The molecular formula is C18H22N2O3. The quantitative estimate of drug-likeness (QED) is 0.925. The summed E-state index contributed by atoms with van der Waals surface area (Å²) < 4.78 is 5.86. The van der Waals surface area contributed by atoms with Crippen LogP contribution in [-0.2, 0) is 25.0 Å². The summed E-state index contributed by atoms with van der Waals surface area (Å²) in [4.78, 5) is 19.0. The normalized spacial score (nSPS) is 14.7. The first-order chi connectivity index (χ1) is 10.9. The van der Waals surface area contributed by atoms with Gasteiger partial charge in [0.2, 0.25) is 0 Å². The number of benzene rings is 1. The molecule has 0 spiro atoms. The second-order valence-electron chi connectivity index (χ2n) is 6.97. The fourth-order valence-corrected chi connectivity index (χ4v) is 2.63. The summed E-state index contributed by atoms with van der Waals surface area (Å²) in [7, 11) is 0. The summed E-state index contributed by atoms with van der Waals surface area (Å²) in [5.74, 6) is 1.61. The largest absolute Gasteiger partial charge is 0.445 e. The van der Waals surface area contributed by atoms with E-state index < -0.39 is 0 Å². The second-order valence-corrected chi connectivity index (χ2v) is 6.97. The summed E-state index contributed by atoms with van der Waals surface area (Å²) in [6.45, 7) is 7.29. The Morgan fingerprint density at radius 3 is 2.61 bits per heavy atom. The van der Waals surface area contributed by atoms with Crippen molar-refractivity contribution in [3.05, 3.63) is 52.7 Å². The van der Waals surface area contributed by atoms with E-state index in [0.717, 1.165) is 22.9 Å². The first kappa shape index (κ1) is 15.7. The highest BCUT2D eigenvalue weighted by molar-refractivity contribution is 5.94. The van der Waals surface area contributed by atoms with Gasteiger partial charge in [0.15, 0.2) is 5.89 Å². The molecule has 0 fully saturated rings. The molecule has 5 nitrogen and oxygen atoms in total. The first-order valence-electron chi connectivity index (χ1n) is 7.86. The van der Waals surface area contributed by atoms with E-state index in [9.17, 15) is 4.79 Å². The zero-order chi connectivity index (χ0) is 16.6. The van der Waals surface area contributed by atoms with E-state index in [1.165, 1.54) is 0 Å². The Morgan fingerprint density at radius 2 is 2.00 bits per heavy atom. The van der Waals surface area contributed by atoms with Crippen molar-refractivity contribution < 1.29 is 14.3 Å². The lowest BCUT2D eigenvalue weighted by atomic mass is 9.97. The first-order valence-corrected chi connectivity index (χ1v) is 7.86. The van der Waals surface area contributed by atoms with Crippen LogP contribution in [0.2, 0.25) is 0 Å². The highest BCUT2D eigenvalue weighted by Crippen LogP contribution is 2.27. The monoisotopic (exact) mass is 314 g/mol. The molecule has 5 heteroatoms. The van der Waals surface area contributed by atoms with Crippen molar-refractivity contribution in [2.24, 2.45) is 0 Å². The third-order valence-electron chi connectivity index (χ3n) is 4.04. The van der Waals surface area contributed by atoms with Crippen molar-refractivity contribution in [2.75, 3.05) is 6.54 Å². The Bertz CT molecular complexity index is 711. The predicted octanol–water partition coefficient (Wildman–Crippen LogP) is 2.66. The minimum absolute atomic E-state index is 0.0135. The SMILES string of the molecule is CC(C)(C)c1nc2c(o1)CCN(C(=O)c1ccc(CO)cc1)C2. The lowest BCUT2D eigenvalue weighted by Crippen LogP contribution is -2.35. The second kappa shape index (κ2) is 5.81. The van der Waals surface area contributed by atoms with Gasteiger partial charge >= 0.3 is 0 Å². The molecule has 1 aromatic heterocycles. The summed E-state index contributed by atoms with van der Waals surface area (Å²) in [6, 6.07) is 7.06. The number of carbonyl (C=O) groups excluding carboxylic acids is 1. The average molecular weight is 314 g/mol. The Kier molecular flexibility index (Phi) is 3.98. The lowest BCUT2D eigenvalue weighted by molar-refractivity contribution is 0.0727. The molecule has 1 N–H and O–H groups in total. The number of hydrogen-bond donors (Lipinski definition) is 1. The number of amides is 1. The van der Waals surface area contributed by atoms with Crippen molar-refractivity contribution in [3.63, 3.8) is 0 Å². The van der Waals surface area contributed by atoms with Gasteiger partial charge in [-0.05, 0) is 17.7 Å². The Hall–Kier alpha value is -2.14. The average Bonchev–Trinajstić information content (AvgIpc) is 2.97. The minimum Gasteiger partial charge on any atom is -0.445 e. The number of oxazole rings is 1. The van der Waals surface area contributed by atoms with Crippen molar-refractivity contribution in [3.8, 4) is 0 Å². The van der Waals surface area contributed by atoms with Crippen LogP contribution in [0, 0.1) is 0 Å². The van der Waals surface area contributed by atoms with E-state index in [1.807, 2.05) is 0 Å². The Balaban J connectivity index is 1.78. The van der Waals surface area contributed by atoms with Gasteiger partial charge in [-0.15, -0.1) is 0 Å². The molecule has 122 valence electrons. The number of nitrogens with zero attached hydrogens (tertiary/aromatic N) is 2. The number of rotatable bonds is 2. The number of aliphatic hydroxyl groups excluding tert-OH is 1. The van der Waals surface area contributed by atoms with Crippen LogP contribution in [0.3, 0.4) is 0 Å². The van der Waals surface area contributed by atoms with Crippen LogP contribution in [0.4, 0.5) is 0 Å². The summed E-state index contributed by atoms with van der Waals surface area (Å²) in [5.41, 5.74) is 2.16. The van der Waals surface area contributed by atoms with Gasteiger partial charge in [0.05, 0.1) is 13.2 Å². The van der Waals surface area contributed by atoms with E-state index in [-0.39, 0.29) is 17.9 Å². The molecule has 2 aromatic rings. The van der Waals surface area contributed by atoms with Gasteiger partial charge < -0.3 is 14.4 Å². The summed E-state index contributed by atoms with van der Waals surface area (Å²) in [5, 5.41) is 9.08. The lowest BCUT2D eigenvalue weighted by Gasteiger charge is -2.25. The topological polar surface area (TPSA) is 66.6 Å². The zero-order valence-electron chi connectivity index (χ0n) is 13.8. The van der Waals surface area contributed by atoms with Crippen molar-refractivity contribution in [1.82, 2.24) is 9.88 Å². The van der Waals surface area contributed by atoms with Crippen molar-refractivity contribution in [2.45, 2.75) is 45.8 Å². The number of hydrogen-bond acceptors (Lipinski definition) is 4. The molecule has 23 heavy (non-hydrogen) atoms. The predicted molar refractivity (Wildman–Crippen MR) is 86.0 cm³/mol. The fourth-order valence-electron chi connectivity index (χ4n) is 2.63. The van der Waals surface area contributed by atoms with Crippen LogP contribution < -0.4 is 0 Å². The molecule has 0 radical (unpaired) electrons. The highest BCUT2D eigenvalue weighted by atomic mass is 16.4. The number of fused-ring (bicyclic) bond motifs is 1. The van der Waals surface area contributed by atoms with Gasteiger partial charge in [-0.25, -0.2) is 4.98 Å².